The van der Waals surface area contributed by atoms with Crippen molar-refractivity contribution in [2.75, 3.05) is 26.0 Å². The Hall–Kier alpha value is -0.510. The van der Waals surface area contributed by atoms with Gasteiger partial charge in [0.15, 0.2) is 0 Å². The van der Waals surface area contributed by atoms with Crippen molar-refractivity contribution >= 4 is 11.8 Å². The van der Waals surface area contributed by atoms with E-state index in [2.05, 4.69) is 29.6 Å². The van der Waals surface area contributed by atoms with Gasteiger partial charge in [-0.2, -0.15) is 11.8 Å². The summed E-state index contributed by atoms with van der Waals surface area (Å²) in [7, 11) is 1.80. The molecule has 0 radical (unpaired) electrons. The predicted molar refractivity (Wildman–Crippen MR) is 81.5 cm³/mol. The number of ether oxygens (including phenoxy) is 1. The zero-order valence-corrected chi connectivity index (χ0v) is 12.5. The van der Waals surface area contributed by atoms with E-state index < -0.39 is 0 Å². The van der Waals surface area contributed by atoms with Crippen LogP contribution in [-0.2, 0) is 10.5 Å². The van der Waals surface area contributed by atoms with Crippen LogP contribution in [0.25, 0.3) is 0 Å². The predicted octanol–water partition coefficient (Wildman–Crippen LogP) is 3.38. The van der Waals surface area contributed by atoms with Crippen molar-refractivity contribution in [1.82, 2.24) is 5.32 Å². The lowest BCUT2D eigenvalue weighted by Crippen LogP contribution is -2.32. The van der Waals surface area contributed by atoms with Crippen LogP contribution in [0, 0.1) is 5.41 Å². The van der Waals surface area contributed by atoms with Crippen molar-refractivity contribution in [3.63, 3.8) is 0 Å². The second-order valence-electron chi connectivity index (χ2n) is 5.89. The van der Waals surface area contributed by atoms with Crippen LogP contribution in [0.1, 0.15) is 36.4 Å². The standard InChI is InChI=1S/C16H23NOS/c1-18-9-8-16(6-7-16)12-17-15-11-19-10-13-4-2-3-5-14(13)15/h2-5,15,17H,6-12H2,1H3. The number of rotatable bonds is 6. The highest BCUT2D eigenvalue weighted by atomic mass is 32.2. The number of thioether (sulfide) groups is 1. The number of hydrogen-bond donors (Lipinski definition) is 1. The summed E-state index contributed by atoms with van der Waals surface area (Å²) in [6.45, 7) is 2.05. The monoisotopic (exact) mass is 277 g/mol. The molecule has 1 N–H and O–H groups in total. The molecule has 1 fully saturated rings. The van der Waals surface area contributed by atoms with Crippen LogP contribution in [0.3, 0.4) is 0 Å². The molecule has 2 aliphatic rings. The quantitative estimate of drug-likeness (QED) is 0.861. The summed E-state index contributed by atoms with van der Waals surface area (Å²) in [6.07, 6.45) is 3.94. The van der Waals surface area contributed by atoms with E-state index in [0.29, 0.717) is 11.5 Å². The second-order valence-corrected chi connectivity index (χ2v) is 6.92. The van der Waals surface area contributed by atoms with Gasteiger partial charge in [0.25, 0.3) is 0 Å². The normalized spacial score (nSPS) is 23.9. The first-order valence-electron chi connectivity index (χ1n) is 7.21. The highest BCUT2D eigenvalue weighted by Gasteiger charge is 2.42. The van der Waals surface area contributed by atoms with E-state index in [1.165, 1.54) is 41.9 Å². The summed E-state index contributed by atoms with van der Waals surface area (Å²) in [4.78, 5) is 0. The van der Waals surface area contributed by atoms with Crippen molar-refractivity contribution in [3.05, 3.63) is 35.4 Å². The zero-order chi connectivity index (χ0) is 13.1. The molecule has 1 heterocycles. The molecule has 0 spiro atoms. The van der Waals surface area contributed by atoms with Crippen LogP contribution >= 0.6 is 11.8 Å². The van der Waals surface area contributed by atoms with Crippen molar-refractivity contribution in [1.29, 1.82) is 0 Å². The molecule has 1 aromatic carbocycles. The van der Waals surface area contributed by atoms with Gasteiger partial charge in [-0.15, -0.1) is 0 Å². The van der Waals surface area contributed by atoms with Crippen LogP contribution in [0.15, 0.2) is 24.3 Å². The van der Waals surface area contributed by atoms with E-state index in [9.17, 15) is 0 Å². The molecule has 3 heteroatoms. The maximum atomic E-state index is 5.23. The molecule has 104 valence electrons. The largest absolute Gasteiger partial charge is 0.385 e. The molecule has 1 aliphatic heterocycles. The minimum absolute atomic E-state index is 0.535. The first-order valence-corrected chi connectivity index (χ1v) is 8.36. The van der Waals surface area contributed by atoms with Crippen LogP contribution in [-0.4, -0.2) is 26.0 Å². The summed E-state index contributed by atoms with van der Waals surface area (Å²) < 4.78 is 5.23. The molecular formula is C16H23NOS. The first-order chi connectivity index (χ1) is 9.33. The molecule has 0 aromatic heterocycles. The average molecular weight is 277 g/mol. The summed E-state index contributed by atoms with van der Waals surface area (Å²) in [5.74, 6) is 2.38. The number of nitrogens with one attached hydrogen (secondary N) is 1. The van der Waals surface area contributed by atoms with E-state index in [0.717, 1.165) is 13.2 Å². The lowest BCUT2D eigenvalue weighted by molar-refractivity contribution is 0.170. The van der Waals surface area contributed by atoms with Gasteiger partial charge in [-0.05, 0) is 35.8 Å². The van der Waals surface area contributed by atoms with Crippen LogP contribution in [0.2, 0.25) is 0 Å². The number of hydrogen-bond acceptors (Lipinski definition) is 3. The molecule has 0 bridgehead atoms. The molecule has 0 saturated heterocycles. The summed E-state index contributed by atoms with van der Waals surface area (Å²) in [5.41, 5.74) is 3.56. The summed E-state index contributed by atoms with van der Waals surface area (Å²) in [5, 5.41) is 3.81. The van der Waals surface area contributed by atoms with Gasteiger partial charge in [0.1, 0.15) is 0 Å². The Morgan fingerprint density at radius 1 is 1.37 bits per heavy atom. The Bertz CT molecular complexity index is 431. The Balaban J connectivity index is 1.59. The lowest BCUT2D eigenvalue weighted by atomic mass is 9.99. The van der Waals surface area contributed by atoms with E-state index in [-0.39, 0.29) is 0 Å². The Morgan fingerprint density at radius 3 is 3.00 bits per heavy atom. The van der Waals surface area contributed by atoms with E-state index in [1.54, 1.807) is 7.11 Å². The number of benzene rings is 1. The topological polar surface area (TPSA) is 21.3 Å². The maximum Gasteiger partial charge on any atom is 0.0468 e. The van der Waals surface area contributed by atoms with Gasteiger partial charge in [0.05, 0.1) is 0 Å². The Labute approximate surface area is 120 Å². The molecule has 19 heavy (non-hydrogen) atoms. The average Bonchev–Trinajstić information content (AvgIpc) is 3.23. The maximum absolute atomic E-state index is 5.23. The van der Waals surface area contributed by atoms with Crippen molar-refractivity contribution < 1.29 is 4.74 Å². The second kappa shape index (κ2) is 5.86. The SMILES string of the molecule is COCCC1(CNC2CSCc3ccccc32)CC1. The molecule has 1 saturated carbocycles. The van der Waals surface area contributed by atoms with Crippen LogP contribution in [0.5, 0.6) is 0 Å². The van der Waals surface area contributed by atoms with Gasteiger partial charge in [0, 0.05) is 37.8 Å². The fraction of sp³-hybridized carbons (Fsp3) is 0.625. The lowest BCUT2D eigenvalue weighted by Gasteiger charge is -2.28. The minimum atomic E-state index is 0.535. The first kappa shape index (κ1) is 13.5. The minimum Gasteiger partial charge on any atom is -0.385 e. The third kappa shape index (κ3) is 3.15. The van der Waals surface area contributed by atoms with Gasteiger partial charge in [-0.1, -0.05) is 24.3 Å². The molecule has 1 unspecified atom stereocenters. The Morgan fingerprint density at radius 2 is 2.21 bits per heavy atom. The van der Waals surface area contributed by atoms with Gasteiger partial charge in [0.2, 0.25) is 0 Å². The van der Waals surface area contributed by atoms with Gasteiger partial charge in [-0.25, -0.2) is 0 Å². The van der Waals surface area contributed by atoms with Crippen molar-refractivity contribution in [2.24, 2.45) is 5.41 Å². The molecular weight excluding hydrogens is 254 g/mol. The van der Waals surface area contributed by atoms with Crippen LogP contribution < -0.4 is 5.32 Å². The highest BCUT2D eigenvalue weighted by Crippen LogP contribution is 2.48. The summed E-state index contributed by atoms with van der Waals surface area (Å²) in [6, 6.07) is 9.43. The number of methoxy groups -OCH3 is 1. The van der Waals surface area contributed by atoms with Gasteiger partial charge >= 0.3 is 0 Å². The third-order valence-electron chi connectivity index (χ3n) is 4.49. The van der Waals surface area contributed by atoms with Gasteiger partial charge in [-0.3, -0.25) is 0 Å². The molecule has 0 amide bonds. The molecule has 3 rings (SSSR count). The van der Waals surface area contributed by atoms with E-state index in [4.69, 9.17) is 4.74 Å². The van der Waals surface area contributed by atoms with E-state index >= 15 is 0 Å². The molecule has 1 aliphatic carbocycles. The van der Waals surface area contributed by atoms with Crippen molar-refractivity contribution in [2.45, 2.75) is 31.1 Å². The smallest absolute Gasteiger partial charge is 0.0468 e. The van der Waals surface area contributed by atoms with Crippen molar-refractivity contribution in [3.8, 4) is 0 Å². The Kier molecular flexibility index (Phi) is 4.15. The molecule has 2 nitrogen and oxygen atoms in total. The zero-order valence-electron chi connectivity index (χ0n) is 11.7. The molecule has 1 aromatic rings. The fourth-order valence-electron chi connectivity index (χ4n) is 2.90. The molecule has 1 atom stereocenters. The highest BCUT2D eigenvalue weighted by molar-refractivity contribution is 7.98. The van der Waals surface area contributed by atoms with Crippen LogP contribution in [0.4, 0.5) is 0 Å². The number of fused-ring (bicyclic) bond motifs is 1. The fourth-order valence-corrected chi connectivity index (χ4v) is 4.03. The third-order valence-corrected chi connectivity index (χ3v) is 5.57. The summed E-state index contributed by atoms with van der Waals surface area (Å²) >= 11 is 2.05. The van der Waals surface area contributed by atoms with Gasteiger partial charge < -0.3 is 10.1 Å². The van der Waals surface area contributed by atoms with E-state index in [1.807, 2.05) is 11.8 Å².